The number of esters is 1. The van der Waals surface area contributed by atoms with Gasteiger partial charge in [-0.2, -0.15) is 0 Å². The van der Waals surface area contributed by atoms with E-state index in [0.29, 0.717) is 6.08 Å². The van der Waals surface area contributed by atoms with Gasteiger partial charge in [-0.1, -0.05) is 34.8 Å². The maximum absolute atomic E-state index is 11.0. The fourth-order valence-corrected chi connectivity index (χ4v) is 0.856. The van der Waals surface area contributed by atoms with Crippen molar-refractivity contribution in [1.82, 2.24) is 0 Å². The molecule has 0 aliphatic rings. The van der Waals surface area contributed by atoms with Crippen LogP contribution in [-0.2, 0) is 9.53 Å². The van der Waals surface area contributed by atoms with Gasteiger partial charge in [-0.15, -0.1) is 0 Å². The maximum Gasteiger partial charge on any atom is 0.409 e. The Morgan fingerprint density at radius 1 is 1.57 bits per heavy atom. The molecule has 0 heterocycles. The van der Waals surface area contributed by atoms with E-state index in [1.807, 2.05) is 0 Å². The smallest absolute Gasteiger partial charge is 0.409 e. The van der Waals surface area contributed by atoms with E-state index < -0.39 is 20.4 Å². The monoisotopic (exact) mass is 261 g/mol. The molecule has 0 aliphatic carbocycles. The van der Waals surface area contributed by atoms with E-state index in [-0.39, 0.29) is 6.61 Å². The first-order chi connectivity index (χ1) is 6.28. The molecule has 0 fully saturated rings. The van der Waals surface area contributed by atoms with E-state index in [1.54, 1.807) is 0 Å². The van der Waals surface area contributed by atoms with Gasteiger partial charge >= 0.3 is 11.7 Å². The Balaban J connectivity index is 4.87. The molecule has 0 aliphatic heterocycles. The third kappa shape index (κ3) is 5.26. The predicted molar refractivity (Wildman–Crippen MR) is 52.0 cm³/mol. The highest BCUT2D eigenvalue weighted by Crippen LogP contribution is 2.29. The first-order valence-electron chi connectivity index (χ1n) is 3.39. The number of halogens is 3. The van der Waals surface area contributed by atoms with E-state index in [0.717, 1.165) is 0 Å². The molecule has 80 valence electrons. The summed E-state index contributed by atoms with van der Waals surface area (Å²) in [6, 6.07) is 0. The van der Waals surface area contributed by atoms with Gasteiger partial charge in [-0.05, 0) is 6.92 Å². The number of hydrogen-bond donors (Lipinski definition) is 0. The number of nitrogens with zero attached hydrogens (tertiary/aromatic N) is 1. The number of carbonyl (C=O) groups excluding carboxylic acids is 1. The zero-order chi connectivity index (χ0) is 11.4. The van der Waals surface area contributed by atoms with Crippen molar-refractivity contribution in [3.8, 4) is 0 Å². The minimum atomic E-state index is -2.00. The highest BCUT2D eigenvalue weighted by atomic mass is 35.6. The molecule has 14 heavy (non-hydrogen) atoms. The van der Waals surface area contributed by atoms with E-state index in [2.05, 4.69) is 4.74 Å². The summed E-state index contributed by atoms with van der Waals surface area (Å²) in [5, 5.41) is 10.4. The minimum Gasteiger partial charge on any atom is -0.458 e. The lowest BCUT2D eigenvalue weighted by Crippen LogP contribution is -2.17. The summed E-state index contributed by atoms with van der Waals surface area (Å²) >= 11 is 15.8. The minimum absolute atomic E-state index is 0.00384. The summed E-state index contributed by atoms with van der Waals surface area (Å²) in [4.78, 5) is 20.3. The van der Waals surface area contributed by atoms with Crippen LogP contribution in [0.15, 0.2) is 11.8 Å². The van der Waals surface area contributed by atoms with Crippen molar-refractivity contribution in [3.05, 3.63) is 21.9 Å². The molecule has 0 spiro atoms. The summed E-state index contributed by atoms with van der Waals surface area (Å²) in [6.07, 6.45) is 0.593. The Morgan fingerprint density at radius 2 is 2.07 bits per heavy atom. The number of rotatable bonds is 3. The average molecular weight is 262 g/mol. The molecule has 5 nitrogen and oxygen atoms in total. The lowest BCUT2D eigenvalue weighted by Gasteiger charge is -2.04. The molecule has 0 radical (unpaired) electrons. The molecular weight excluding hydrogens is 256 g/mol. The number of allylic oxidation sites excluding steroid dienone is 1. The summed E-state index contributed by atoms with van der Waals surface area (Å²) in [6.45, 7) is 1.51. The zero-order valence-corrected chi connectivity index (χ0v) is 9.27. The second-order valence-electron chi connectivity index (χ2n) is 2.05. The Kier molecular flexibility index (Phi) is 5.18. The number of nitro groups is 1. The van der Waals surface area contributed by atoms with E-state index in [4.69, 9.17) is 34.8 Å². The number of ether oxygens (including phenoxy) is 1. The van der Waals surface area contributed by atoms with Crippen molar-refractivity contribution in [3.63, 3.8) is 0 Å². The molecule has 0 aromatic carbocycles. The fraction of sp³-hybridized carbons (Fsp3) is 0.500. The molecule has 0 N–H and O–H groups in total. The van der Waals surface area contributed by atoms with Gasteiger partial charge in [0, 0.05) is 0 Å². The lowest BCUT2D eigenvalue weighted by atomic mass is 10.4. The van der Waals surface area contributed by atoms with E-state index in [9.17, 15) is 14.9 Å². The van der Waals surface area contributed by atoms with Crippen molar-refractivity contribution < 1.29 is 14.5 Å². The topological polar surface area (TPSA) is 69.4 Å². The highest BCUT2D eigenvalue weighted by molar-refractivity contribution is 6.69. The van der Waals surface area contributed by atoms with Crippen LogP contribution in [0.4, 0.5) is 0 Å². The van der Waals surface area contributed by atoms with Crippen LogP contribution in [0.3, 0.4) is 0 Å². The molecule has 0 saturated heterocycles. The summed E-state index contributed by atoms with van der Waals surface area (Å²) in [5.74, 6) is -1.14. The number of hydrogen-bond acceptors (Lipinski definition) is 4. The van der Waals surface area contributed by atoms with Crippen LogP contribution in [0.5, 0.6) is 0 Å². The first kappa shape index (κ1) is 13.5. The van der Waals surface area contributed by atoms with Crippen molar-refractivity contribution in [2.45, 2.75) is 10.7 Å². The highest BCUT2D eigenvalue weighted by Gasteiger charge is 2.30. The molecule has 0 unspecified atom stereocenters. The lowest BCUT2D eigenvalue weighted by molar-refractivity contribution is -0.421. The summed E-state index contributed by atoms with van der Waals surface area (Å²) in [7, 11) is 0. The summed E-state index contributed by atoms with van der Waals surface area (Å²) in [5.41, 5.74) is -0.896. The Labute approximate surface area is 94.7 Å². The first-order valence-corrected chi connectivity index (χ1v) is 4.52. The largest absolute Gasteiger partial charge is 0.458 e. The van der Waals surface area contributed by atoms with Gasteiger partial charge in [0.15, 0.2) is 0 Å². The second kappa shape index (κ2) is 5.38. The third-order valence-corrected chi connectivity index (χ3v) is 1.31. The Hall–Kier alpha value is -0.520. The summed E-state index contributed by atoms with van der Waals surface area (Å²) < 4.78 is 2.38. The van der Waals surface area contributed by atoms with Gasteiger partial charge in [0.1, 0.15) is 0 Å². The Morgan fingerprint density at radius 3 is 2.36 bits per heavy atom. The van der Waals surface area contributed by atoms with Crippen LogP contribution in [0, 0.1) is 10.1 Å². The molecule has 0 rings (SSSR count). The molecule has 0 amide bonds. The molecule has 0 saturated carbocycles. The van der Waals surface area contributed by atoms with Crippen molar-refractivity contribution in [2.75, 3.05) is 6.61 Å². The van der Waals surface area contributed by atoms with Gasteiger partial charge < -0.3 is 4.74 Å². The van der Waals surface area contributed by atoms with Crippen LogP contribution >= 0.6 is 34.8 Å². The molecule has 0 aromatic heterocycles. The number of alkyl halides is 3. The van der Waals surface area contributed by atoms with Crippen molar-refractivity contribution in [1.29, 1.82) is 0 Å². The third-order valence-electron chi connectivity index (χ3n) is 0.982. The van der Waals surface area contributed by atoms with Crippen LogP contribution in [0.25, 0.3) is 0 Å². The standard InChI is InChI=1S/C6H6Cl3NO4/c1-2-14-5(11)4(10(12)13)3-6(7,8)9/h3H,2H2,1H3. The van der Waals surface area contributed by atoms with E-state index >= 15 is 0 Å². The average Bonchev–Trinajstić information content (AvgIpc) is 1.98. The van der Waals surface area contributed by atoms with Crippen LogP contribution in [-0.4, -0.2) is 21.3 Å². The Bertz CT molecular complexity index is 271. The van der Waals surface area contributed by atoms with Gasteiger partial charge in [0.25, 0.3) is 0 Å². The predicted octanol–water partition coefficient (Wildman–Crippen LogP) is 2.08. The van der Waals surface area contributed by atoms with Crippen molar-refractivity contribution >= 4 is 40.8 Å². The van der Waals surface area contributed by atoms with Crippen LogP contribution < -0.4 is 0 Å². The van der Waals surface area contributed by atoms with Gasteiger partial charge in [-0.3, -0.25) is 10.1 Å². The quantitative estimate of drug-likeness (QED) is 0.257. The fourth-order valence-electron chi connectivity index (χ4n) is 0.546. The van der Waals surface area contributed by atoms with Crippen LogP contribution in [0.2, 0.25) is 0 Å². The van der Waals surface area contributed by atoms with E-state index in [1.165, 1.54) is 6.92 Å². The SMILES string of the molecule is CCOC(=O)C(=CC(Cl)(Cl)Cl)[N+](=O)[O-]. The van der Waals surface area contributed by atoms with Crippen LogP contribution in [0.1, 0.15) is 6.92 Å². The molecular formula is C6H6Cl3NO4. The molecule has 0 atom stereocenters. The van der Waals surface area contributed by atoms with Gasteiger partial charge in [-0.25, -0.2) is 4.79 Å². The normalized spacial score (nSPS) is 12.4. The zero-order valence-electron chi connectivity index (χ0n) is 7.00. The molecule has 8 heteroatoms. The van der Waals surface area contributed by atoms with Crippen molar-refractivity contribution in [2.24, 2.45) is 0 Å². The molecule has 0 bridgehead atoms. The maximum atomic E-state index is 11.0. The van der Waals surface area contributed by atoms with Gasteiger partial charge in [0.2, 0.25) is 3.79 Å². The number of carbonyl (C=O) groups is 1. The molecule has 0 aromatic rings. The van der Waals surface area contributed by atoms with Gasteiger partial charge in [0.05, 0.1) is 17.6 Å². The second-order valence-corrected chi connectivity index (χ2v) is 4.42.